The van der Waals surface area contributed by atoms with Crippen LogP contribution in [0, 0.1) is 0 Å². The summed E-state index contributed by atoms with van der Waals surface area (Å²) in [5.41, 5.74) is -0.742. The largest absolute Gasteiger partial charge is 2.00 e. The number of hydrogen-bond donors (Lipinski definition) is 0. The maximum atomic E-state index is 13.0. The number of carbonyl (C=O) groups excluding carboxylic acids is 4. The quantitative estimate of drug-likeness (QED) is 0.0150. The van der Waals surface area contributed by atoms with Crippen molar-refractivity contribution >= 4 is 81.9 Å². The Morgan fingerprint density at radius 3 is 0.504 bits per heavy atom. The Morgan fingerprint density at radius 2 is 0.352 bits per heavy atom. The molecule has 0 bridgehead atoms. The van der Waals surface area contributed by atoms with Gasteiger partial charge in [-0.1, -0.05) is 436 Å². The number of hydrogen-bond acceptors (Lipinski definition) is 14. The van der Waals surface area contributed by atoms with Gasteiger partial charge in [0.15, 0.2) is 0 Å². The first-order valence-electron chi connectivity index (χ1n) is 52.1. The second kappa shape index (κ2) is 92.2. The van der Waals surface area contributed by atoms with Crippen LogP contribution in [0.1, 0.15) is 557 Å². The molecule has 0 radical (unpaired) electrons. The summed E-state index contributed by atoms with van der Waals surface area (Å²) in [4.78, 5) is 50.7. The van der Waals surface area contributed by atoms with E-state index in [0.29, 0.717) is 25.7 Å². The maximum absolute atomic E-state index is 13.0. The van der Waals surface area contributed by atoms with Gasteiger partial charge in [-0.25, -0.2) is 36.0 Å². The molecule has 0 aliphatic heterocycles. The molecular formula is C108H186CaO14S2. The predicted molar refractivity (Wildman–Crippen MR) is 526 cm³/mol. The molecule has 0 unspecified atom stereocenters. The van der Waals surface area contributed by atoms with Crippen molar-refractivity contribution in [3.8, 4) is 0 Å². The smallest absolute Gasteiger partial charge is 0.744 e. The monoisotopic (exact) mass is 1810 g/mol. The van der Waals surface area contributed by atoms with Gasteiger partial charge in [-0.2, -0.15) is 0 Å². The van der Waals surface area contributed by atoms with E-state index >= 15 is 0 Å². The molecule has 125 heavy (non-hydrogen) atoms. The molecule has 0 saturated carbocycles. The number of allylic oxidation sites excluding steroid dienone is 8. The zero-order valence-corrected chi connectivity index (χ0v) is 84.7. The van der Waals surface area contributed by atoms with E-state index in [0.717, 1.165) is 113 Å². The topological polar surface area (TPSA) is 220 Å². The van der Waals surface area contributed by atoms with Crippen molar-refractivity contribution in [1.82, 2.24) is 0 Å². The van der Waals surface area contributed by atoms with Crippen LogP contribution in [0.5, 0.6) is 0 Å². The maximum Gasteiger partial charge on any atom is 2.00 e. The van der Waals surface area contributed by atoms with Crippen LogP contribution in [0.4, 0.5) is 0 Å². The minimum atomic E-state index is -4.83. The molecule has 0 atom stereocenters. The summed E-state index contributed by atoms with van der Waals surface area (Å²) >= 11 is 0. The van der Waals surface area contributed by atoms with Crippen LogP contribution in [0.2, 0.25) is 0 Å². The Bertz CT molecular complexity index is 2950. The number of ether oxygens (including phenoxy) is 4. The van der Waals surface area contributed by atoms with E-state index in [-0.39, 0.29) is 86.4 Å². The van der Waals surface area contributed by atoms with Gasteiger partial charge in [-0.05, 0) is 165 Å². The van der Waals surface area contributed by atoms with E-state index < -0.39 is 53.9 Å². The molecule has 0 heterocycles. The molecule has 0 N–H and O–H groups in total. The van der Waals surface area contributed by atoms with Crippen LogP contribution in [0.15, 0.2) is 94.8 Å². The van der Waals surface area contributed by atoms with Crippen molar-refractivity contribution in [2.24, 2.45) is 0 Å². The molecule has 0 amide bonds. The van der Waals surface area contributed by atoms with Gasteiger partial charge in [0.25, 0.3) is 0 Å². The van der Waals surface area contributed by atoms with E-state index in [1.807, 2.05) is 0 Å². The van der Waals surface area contributed by atoms with Crippen molar-refractivity contribution in [3.63, 3.8) is 0 Å². The van der Waals surface area contributed by atoms with Crippen LogP contribution in [-0.4, -0.2) is 114 Å². The Hall–Kier alpha value is -3.64. The SMILES string of the molecule is CCCCCCCCCCCCCCCCC/C=C/CCCCOC(=O)c1ccc(S(=O)(=O)[O-])cc1C(=O)OCCCC/C=C/CCCCCCCCCCCCCCCCC.CCCCCCCCCCCCCCCCC/C=C/CCCCOC(=O)c1ccc(S(=O)(=O)[O-])cc1C(=O)OCCCC/C=C/CCCCCCCCCCCCCCCCC.[Ca+2]. The van der Waals surface area contributed by atoms with Crippen molar-refractivity contribution in [1.29, 1.82) is 0 Å². The second-order valence-electron chi connectivity index (χ2n) is 35.7. The fraction of sp³-hybridized carbons (Fsp3) is 0.778. The van der Waals surface area contributed by atoms with E-state index in [9.17, 15) is 45.1 Å². The van der Waals surface area contributed by atoms with E-state index in [2.05, 4.69) is 76.3 Å². The molecule has 0 aliphatic carbocycles. The summed E-state index contributed by atoms with van der Waals surface area (Å²) in [6, 6.07) is 6.23. The summed E-state index contributed by atoms with van der Waals surface area (Å²) in [5, 5.41) is 0. The van der Waals surface area contributed by atoms with Gasteiger partial charge in [0.2, 0.25) is 0 Å². The summed E-state index contributed by atoms with van der Waals surface area (Å²) < 4.78 is 91.8. The van der Waals surface area contributed by atoms with Gasteiger partial charge in [0, 0.05) is 0 Å². The van der Waals surface area contributed by atoms with E-state index in [1.54, 1.807) is 0 Å². The number of benzene rings is 2. The average molecular weight is 1810 g/mol. The molecule has 2 aromatic carbocycles. The van der Waals surface area contributed by atoms with Gasteiger partial charge in [0.1, 0.15) is 20.2 Å². The molecule has 2 aromatic rings. The number of esters is 4. The molecular weight excluding hydrogens is 1630 g/mol. The number of carbonyl (C=O) groups is 4. The van der Waals surface area contributed by atoms with E-state index in [4.69, 9.17) is 18.9 Å². The summed E-state index contributed by atoms with van der Waals surface area (Å²) in [5.74, 6) is -3.17. The molecule has 0 aromatic heterocycles. The molecule has 14 nitrogen and oxygen atoms in total. The number of unbranched alkanes of at least 4 members (excludes halogenated alkanes) is 68. The van der Waals surface area contributed by atoms with Gasteiger partial charge >= 0.3 is 61.6 Å². The van der Waals surface area contributed by atoms with Crippen molar-refractivity contribution in [2.45, 2.75) is 525 Å². The molecule has 0 saturated heterocycles. The molecule has 17 heteroatoms. The van der Waals surface area contributed by atoms with Crippen LogP contribution < -0.4 is 0 Å². The van der Waals surface area contributed by atoms with Crippen LogP contribution in [0.25, 0.3) is 0 Å². The minimum absolute atomic E-state index is 0. The average Bonchev–Trinajstić information content (AvgIpc) is 0.812. The predicted octanol–water partition coefficient (Wildman–Crippen LogP) is 33.4. The summed E-state index contributed by atoms with van der Waals surface area (Å²) in [6.45, 7) is 9.70. The first-order chi connectivity index (χ1) is 60.6. The van der Waals surface area contributed by atoms with Crippen LogP contribution in [-0.2, 0) is 39.2 Å². The third-order valence-electron chi connectivity index (χ3n) is 24.0. The zero-order chi connectivity index (χ0) is 90.1. The summed E-state index contributed by atoms with van der Waals surface area (Å²) in [7, 11) is -9.66. The third-order valence-corrected chi connectivity index (χ3v) is 25.7. The first-order valence-corrected chi connectivity index (χ1v) is 54.9. The molecule has 716 valence electrons. The molecule has 2 rings (SSSR count). The Labute approximate surface area is 798 Å². The standard InChI is InChI=1S/2C54H94O7S.Ca/c2*1-3-5-7-9-11-13-15-17-19-21-23-25-27-29-31-33-35-37-39-41-43-47-60-53(55)51-46-45-50(62(57,58)59)49-52(51)54(56)61-48-44-42-40-38-36-34-32-30-28-26-24-22-20-18-16-14-12-10-8-6-4-2;/h2*35-38,45-46,49H,3-34,39-44,47-48H2,1-2H3,(H,57,58,59);/q;;+2/p-2/b2*37-35+,38-36+;. The molecule has 0 spiro atoms. The Morgan fingerprint density at radius 1 is 0.216 bits per heavy atom. The van der Waals surface area contributed by atoms with Gasteiger partial charge in [-0.15, -0.1) is 0 Å². The normalized spacial score (nSPS) is 11.8. The van der Waals surface area contributed by atoms with Gasteiger partial charge in [0.05, 0.1) is 58.5 Å². The number of rotatable bonds is 90. The minimum Gasteiger partial charge on any atom is -0.744 e. The zero-order valence-electron chi connectivity index (χ0n) is 80.9. The fourth-order valence-electron chi connectivity index (χ4n) is 16.0. The van der Waals surface area contributed by atoms with Crippen molar-refractivity contribution in [3.05, 3.63) is 107 Å². The third kappa shape index (κ3) is 78.7. The molecule has 0 fully saturated rings. The van der Waals surface area contributed by atoms with Crippen molar-refractivity contribution < 1.29 is 64.1 Å². The Kier molecular flexibility index (Phi) is 89.5. The first kappa shape index (κ1) is 121. The van der Waals surface area contributed by atoms with E-state index in [1.165, 1.54) is 385 Å². The van der Waals surface area contributed by atoms with Gasteiger partial charge < -0.3 is 28.1 Å². The van der Waals surface area contributed by atoms with Crippen LogP contribution >= 0.6 is 0 Å². The summed E-state index contributed by atoms with van der Waals surface area (Å²) in [6.07, 6.45) is 114. The van der Waals surface area contributed by atoms with Crippen molar-refractivity contribution in [2.75, 3.05) is 26.4 Å². The fourth-order valence-corrected chi connectivity index (χ4v) is 16.9. The second-order valence-corrected chi connectivity index (χ2v) is 38.4. The molecule has 0 aliphatic rings. The Balaban J connectivity index is 0.00000244. The van der Waals surface area contributed by atoms with Gasteiger partial charge in [-0.3, -0.25) is 0 Å². The van der Waals surface area contributed by atoms with Crippen LogP contribution in [0.3, 0.4) is 0 Å².